The summed E-state index contributed by atoms with van der Waals surface area (Å²) in [6, 6.07) is 23.9. The second-order valence-corrected chi connectivity index (χ2v) is 7.66. The van der Waals surface area contributed by atoms with Gasteiger partial charge in [-0.3, -0.25) is 4.98 Å². The van der Waals surface area contributed by atoms with Crippen molar-refractivity contribution in [1.82, 2.24) is 15.6 Å². The van der Waals surface area contributed by atoms with Gasteiger partial charge in [0.05, 0.1) is 12.0 Å². The summed E-state index contributed by atoms with van der Waals surface area (Å²) in [6.07, 6.45) is 5.95. The maximum atomic E-state index is 5.82. The van der Waals surface area contributed by atoms with Crippen molar-refractivity contribution in [3.8, 4) is 11.3 Å². The van der Waals surface area contributed by atoms with Crippen molar-refractivity contribution >= 4 is 11.0 Å². The molecule has 4 aromatic rings. The van der Waals surface area contributed by atoms with Crippen LogP contribution in [0.2, 0.25) is 0 Å². The maximum Gasteiger partial charge on any atom is 0.138 e. The molecule has 4 nitrogen and oxygen atoms in total. The molecule has 1 fully saturated rings. The zero-order valence-electron chi connectivity index (χ0n) is 16.3. The van der Waals surface area contributed by atoms with Crippen LogP contribution in [0, 0.1) is 0 Å². The summed E-state index contributed by atoms with van der Waals surface area (Å²) in [5, 5.41) is 8.62. The predicted molar refractivity (Wildman–Crippen MR) is 116 cm³/mol. The number of nitrogens with one attached hydrogen (secondary N) is 2. The lowest BCUT2D eigenvalue weighted by Gasteiger charge is -2.34. The van der Waals surface area contributed by atoms with Crippen molar-refractivity contribution in [2.45, 2.75) is 31.5 Å². The average molecular weight is 383 g/mol. The van der Waals surface area contributed by atoms with Gasteiger partial charge in [-0.2, -0.15) is 0 Å². The van der Waals surface area contributed by atoms with Gasteiger partial charge < -0.3 is 15.1 Å². The molecular formula is C25H25N3O. The van der Waals surface area contributed by atoms with Crippen LogP contribution in [0.1, 0.15) is 30.0 Å². The van der Waals surface area contributed by atoms with Crippen molar-refractivity contribution in [2.24, 2.45) is 0 Å². The molecular weight excluding hydrogens is 358 g/mol. The van der Waals surface area contributed by atoms with Gasteiger partial charge in [-0.25, -0.2) is 0 Å². The number of aromatic nitrogens is 1. The zero-order valence-corrected chi connectivity index (χ0v) is 16.3. The van der Waals surface area contributed by atoms with E-state index >= 15 is 0 Å². The van der Waals surface area contributed by atoms with Crippen molar-refractivity contribution in [2.75, 3.05) is 6.54 Å². The van der Waals surface area contributed by atoms with Crippen LogP contribution in [0.5, 0.6) is 0 Å². The monoisotopic (exact) mass is 383 g/mol. The van der Waals surface area contributed by atoms with Gasteiger partial charge in [0.2, 0.25) is 0 Å². The smallest absolute Gasteiger partial charge is 0.138 e. The minimum atomic E-state index is 0.330. The van der Waals surface area contributed by atoms with E-state index in [4.69, 9.17) is 4.42 Å². The lowest BCUT2D eigenvalue weighted by atomic mass is 9.92. The van der Waals surface area contributed by atoms with Gasteiger partial charge >= 0.3 is 0 Å². The highest BCUT2D eigenvalue weighted by Crippen LogP contribution is 2.29. The Morgan fingerprint density at radius 3 is 2.79 bits per heavy atom. The summed E-state index contributed by atoms with van der Waals surface area (Å²) >= 11 is 0. The molecule has 0 bridgehead atoms. The Kier molecular flexibility index (Phi) is 5.11. The van der Waals surface area contributed by atoms with Crippen molar-refractivity contribution < 1.29 is 4.42 Å². The van der Waals surface area contributed by atoms with Gasteiger partial charge in [0.25, 0.3) is 0 Å². The number of nitrogens with zero attached hydrogens (tertiary/aromatic N) is 1. The van der Waals surface area contributed by atoms with Gasteiger partial charge in [-0.05, 0) is 55.3 Å². The van der Waals surface area contributed by atoms with Crippen molar-refractivity contribution in [1.29, 1.82) is 0 Å². The molecule has 2 aromatic carbocycles. The minimum Gasteiger partial charge on any atom is -0.464 e. The minimum absolute atomic E-state index is 0.330. The van der Waals surface area contributed by atoms with E-state index in [0.29, 0.717) is 12.1 Å². The highest BCUT2D eigenvalue weighted by molar-refractivity contribution is 5.85. The fourth-order valence-corrected chi connectivity index (χ4v) is 4.33. The first-order valence-corrected chi connectivity index (χ1v) is 10.3. The fourth-order valence-electron chi connectivity index (χ4n) is 4.33. The van der Waals surface area contributed by atoms with E-state index in [0.717, 1.165) is 41.7 Å². The molecule has 0 saturated carbocycles. The molecule has 0 unspecified atom stereocenters. The maximum absolute atomic E-state index is 5.82. The first-order chi connectivity index (χ1) is 14.4. The van der Waals surface area contributed by atoms with Crippen LogP contribution in [0.4, 0.5) is 0 Å². The molecule has 3 heterocycles. The molecule has 5 rings (SSSR count). The van der Waals surface area contributed by atoms with Gasteiger partial charge in [0.15, 0.2) is 0 Å². The number of benzene rings is 2. The van der Waals surface area contributed by atoms with E-state index in [-0.39, 0.29) is 0 Å². The summed E-state index contributed by atoms with van der Waals surface area (Å²) < 4.78 is 5.82. The number of fused-ring (bicyclic) bond motifs is 1. The molecule has 0 aliphatic carbocycles. The number of piperidine rings is 1. The standard InChI is InChI=1S/C25H25N3O/c1-2-7-18(8-3-1)24-23(10-6-13-27-24)28-17-21-16-20(22-9-4-5-12-26-22)15-19-11-14-29-25(19)21/h1-5,7-9,11-12,14-16,23-24,27-28H,6,10,13,17H2/t23-,24-/m0/s1. The molecule has 2 aromatic heterocycles. The second-order valence-electron chi connectivity index (χ2n) is 7.66. The summed E-state index contributed by atoms with van der Waals surface area (Å²) in [7, 11) is 0. The molecule has 0 radical (unpaired) electrons. The van der Waals surface area contributed by atoms with Crippen LogP contribution < -0.4 is 10.6 Å². The summed E-state index contributed by atoms with van der Waals surface area (Å²) in [4.78, 5) is 4.52. The van der Waals surface area contributed by atoms with Gasteiger partial charge in [0.1, 0.15) is 5.58 Å². The highest BCUT2D eigenvalue weighted by atomic mass is 16.3. The number of rotatable bonds is 5. The summed E-state index contributed by atoms with van der Waals surface area (Å²) in [5.74, 6) is 0. The van der Waals surface area contributed by atoms with Crippen LogP contribution in [0.15, 0.2) is 83.6 Å². The normalized spacial score (nSPS) is 19.4. The third-order valence-corrected chi connectivity index (χ3v) is 5.76. The van der Waals surface area contributed by atoms with Crippen LogP contribution >= 0.6 is 0 Å². The molecule has 2 atom stereocenters. The number of furan rings is 1. The van der Waals surface area contributed by atoms with E-state index < -0.39 is 0 Å². The molecule has 0 spiro atoms. The summed E-state index contributed by atoms with van der Waals surface area (Å²) in [6.45, 7) is 1.83. The predicted octanol–water partition coefficient (Wildman–Crippen LogP) is 5.08. The highest BCUT2D eigenvalue weighted by Gasteiger charge is 2.25. The number of hydrogen-bond acceptors (Lipinski definition) is 4. The van der Waals surface area contributed by atoms with E-state index in [1.807, 2.05) is 24.4 Å². The third kappa shape index (κ3) is 3.82. The zero-order chi connectivity index (χ0) is 19.5. The van der Waals surface area contributed by atoms with E-state index in [2.05, 4.69) is 64.1 Å². The molecule has 2 N–H and O–H groups in total. The largest absolute Gasteiger partial charge is 0.464 e. The van der Waals surface area contributed by atoms with Gasteiger partial charge in [-0.1, -0.05) is 36.4 Å². The second kappa shape index (κ2) is 8.19. The Morgan fingerprint density at radius 1 is 1.03 bits per heavy atom. The molecule has 1 aliphatic heterocycles. The van der Waals surface area contributed by atoms with E-state index in [1.165, 1.54) is 17.5 Å². The van der Waals surface area contributed by atoms with Crippen molar-refractivity contribution in [3.63, 3.8) is 0 Å². The molecule has 4 heteroatoms. The molecule has 1 aliphatic rings. The Labute approximate surface area is 171 Å². The molecule has 146 valence electrons. The van der Waals surface area contributed by atoms with Crippen LogP contribution in [0.25, 0.3) is 22.2 Å². The van der Waals surface area contributed by atoms with Crippen molar-refractivity contribution in [3.05, 3.63) is 90.3 Å². The SMILES string of the molecule is c1ccc([C@@H]2NCCC[C@@H]2NCc2cc(-c3ccccn3)cc3ccoc23)cc1. The number of hydrogen-bond donors (Lipinski definition) is 2. The quantitative estimate of drug-likeness (QED) is 0.505. The van der Waals surface area contributed by atoms with Crippen LogP contribution in [-0.2, 0) is 6.54 Å². The molecule has 0 amide bonds. The lowest BCUT2D eigenvalue weighted by Crippen LogP contribution is -2.45. The first-order valence-electron chi connectivity index (χ1n) is 10.3. The fraction of sp³-hybridized carbons (Fsp3) is 0.240. The van der Waals surface area contributed by atoms with E-state index in [1.54, 1.807) is 6.26 Å². The number of pyridine rings is 1. The molecule has 1 saturated heterocycles. The summed E-state index contributed by atoms with van der Waals surface area (Å²) in [5.41, 5.74) is 5.58. The topological polar surface area (TPSA) is 50.1 Å². The Hall–Kier alpha value is -2.95. The van der Waals surface area contributed by atoms with Crippen LogP contribution in [-0.4, -0.2) is 17.6 Å². The first kappa shape index (κ1) is 18.1. The Bertz CT molecular complexity index is 1080. The average Bonchev–Trinajstić information content (AvgIpc) is 3.28. The van der Waals surface area contributed by atoms with Gasteiger partial charge in [0, 0.05) is 41.3 Å². The third-order valence-electron chi connectivity index (χ3n) is 5.76. The van der Waals surface area contributed by atoms with E-state index in [9.17, 15) is 0 Å². The Balaban J connectivity index is 1.42. The van der Waals surface area contributed by atoms with Gasteiger partial charge in [-0.15, -0.1) is 0 Å². The molecule has 29 heavy (non-hydrogen) atoms. The lowest BCUT2D eigenvalue weighted by molar-refractivity contribution is 0.304. The Morgan fingerprint density at radius 2 is 1.93 bits per heavy atom. The van der Waals surface area contributed by atoms with Crippen LogP contribution in [0.3, 0.4) is 0 Å².